The third-order valence-corrected chi connectivity index (χ3v) is 8.35. The van der Waals surface area contributed by atoms with Crippen LogP contribution >= 0.6 is 0 Å². The van der Waals surface area contributed by atoms with Gasteiger partial charge in [-0.3, -0.25) is 9.69 Å². The lowest BCUT2D eigenvalue weighted by molar-refractivity contribution is -0.143. The Morgan fingerprint density at radius 2 is 1.88 bits per heavy atom. The molecule has 40 heavy (non-hydrogen) atoms. The molecule has 1 aliphatic carbocycles. The Hall–Kier alpha value is -3.27. The number of piperidine rings is 1. The zero-order chi connectivity index (χ0) is 28.2. The van der Waals surface area contributed by atoms with Crippen molar-refractivity contribution < 1.29 is 32.6 Å². The van der Waals surface area contributed by atoms with Crippen LogP contribution in [-0.2, 0) is 16.2 Å². The number of rotatable bonds is 7. The molecule has 10 heteroatoms. The largest absolute Gasteiger partial charge is 0.488 e. The van der Waals surface area contributed by atoms with Gasteiger partial charge in [0.1, 0.15) is 17.5 Å². The van der Waals surface area contributed by atoms with Crippen LogP contribution in [0.2, 0.25) is 0 Å². The number of halogens is 3. The third kappa shape index (κ3) is 5.13. The summed E-state index contributed by atoms with van der Waals surface area (Å²) in [5.74, 6) is -2.07. The highest BCUT2D eigenvalue weighted by atomic mass is 19.1. The van der Waals surface area contributed by atoms with E-state index in [0.717, 1.165) is 36.4 Å². The van der Waals surface area contributed by atoms with Crippen LogP contribution in [0, 0.1) is 23.4 Å². The molecule has 1 N–H and O–H groups in total. The molecular weight excluding hydrogens is 523 g/mol. The van der Waals surface area contributed by atoms with Crippen LogP contribution in [0.1, 0.15) is 63.0 Å². The van der Waals surface area contributed by atoms with Crippen LogP contribution in [0.15, 0.2) is 29.4 Å². The quantitative estimate of drug-likeness (QED) is 0.483. The van der Waals surface area contributed by atoms with Gasteiger partial charge in [0, 0.05) is 55.5 Å². The topological polar surface area (TPSA) is 74.6 Å². The summed E-state index contributed by atoms with van der Waals surface area (Å²) in [5, 5.41) is 13.6. The fraction of sp³-hybridized carbons (Fsp3) is 0.533. The first kappa shape index (κ1) is 26.9. The van der Waals surface area contributed by atoms with E-state index in [0.29, 0.717) is 57.5 Å². The number of amidine groups is 1. The number of nitrogens with zero attached hydrogens (tertiary/aromatic N) is 3. The first-order chi connectivity index (χ1) is 19.1. The maximum atomic E-state index is 16.2. The van der Waals surface area contributed by atoms with E-state index in [9.17, 15) is 18.7 Å². The van der Waals surface area contributed by atoms with Crippen molar-refractivity contribution in [2.45, 2.75) is 70.1 Å². The molecule has 214 valence electrons. The highest BCUT2D eigenvalue weighted by Crippen LogP contribution is 2.49. The fourth-order valence-electron chi connectivity index (χ4n) is 6.22. The fourth-order valence-corrected chi connectivity index (χ4v) is 6.22. The SMILES string of the molecule is CC(C)Oc1c(CN2CC3(CC(N4CCC(C(=O)O)CC4)=NO3)C2)cc(C2CC2)c(-c2ccc(F)cc2F)c1F. The first-order valence-corrected chi connectivity index (χ1v) is 14.0. The van der Waals surface area contributed by atoms with Crippen molar-refractivity contribution >= 4 is 11.8 Å². The van der Waals surface area contributed by atoms with E-state index in [1.165, 1.54) is 6.07 Å². The zero-order valence-electron chi connectivity index (χ0n) is 22.8. The van der Waals surface area contributed by atoms with Crippen molar-refractivity contribution in [2.75, 3.05) is 26.2 Å². The Bertz CT molecular complexity index is 1350. The molecule has 1 spiro atoms. The molecular formula is C30H34F3N3O4. The van der Waals surface area contributed by atoms with Gasteiger partial charge in [-0.1, -0.05) is 5.16 Å². The minimum Gasteiger partial charge on any atom is -0.488 e. The molecule has 0 unspecified atom stereocenters. The van der Waals surface area contributed by atoms with E-state index in [2.05, 4.69) is 15.0 Å². The molecule has 2 saturated heterocycles. The van der Waals surface area contributed by atoms with Gasteiger partial charge >= 0.3 is 5.97 Å². The second kappa shape index (κ2) is 10.3. The Balaban J connectivity index is 1.19. The maximum Gasteiger partial charge on any atom is 0.306 e. The van der Waals surface area contributed by atoms with Gasteiger partial charge < -0.3 is 19.6 Å². The average Bonchev–Trinajstić information content (AvgIpc) is 3.64. The monoisotopic (exact) mass is 557 g/mol. The minimum atomic E-state index is -0.796. The molecule has 4 aliphatic rings. The number of carbonyl (C=O) groups is 1. The Morgan fingerprint density at radius 3 is 2.50 bits per heavy atom. The van der Waals surface area contributed by atoms with E-state index in [4.69, 9.17) is 9.57 Å². The number of ether oxygens (including phenoxy) is 1. The summed E-state index contributed by atoms with van der Waals surface area (Å²) in [6.07, 6.45) is 3.33. The van der Waals surface area contributed by atoms with Crippen molar-refractivity contribution in [2.24, 2.45) is 11.1 Å². The Kier molecular flexibility index (Phi) is 6.92. The molecule has 7 nitrogen and oxygen atoms in total. The lowest BCUT2D eigenvalue weighted by atomic mass is 9.88. The summed E-state index contributed by atoms with van der Waals surface area (Å²) in [7, 11) is 0. The lowest BCUT2D eigenvalue weighted by Crippen LogP contribution is -2.61. The Morgan fingerprint density at radius 1 is 1.15 bits per heavy atom. The number of carboxylic acid groups (broad SMARTS) is 1. The molecule has 0 bridgehead atoms. The number of benzene rings is 2. The summed E-state index contributed by atoms with van der Waals surface area (Å²) >= 11 is 0. The van der Waals surface area contributed by atoms with E-state index in [1.807, 2.05) is 19.9 Å². The molecule has 2 aromatic rings. The summed E-state index contributed by atoms with van der Waals surface area (Å²) in [4.78, 5) is 21.4. The molecule has 2 aromatic carbocycles. The van der Waals surface area contributed by atoms with Crippen molar-refractivity contribution in [1.29, 1.82) is 0 Å². The van der Waals surface area contributed by atoms with Crippen molar-refractivity contribution in [1.82, 2.24) is 9.80 Å². The van der Waals surface area contributed by atoms with E-state index in [-0.39, 0.29) is 34.8 Å². The predicted molar refractivity (Wildman–Crippen MR) is 143 cm³/mol. The summed E-state index contributed by atoms with van der Waals surface area (Å²) in [5.41, 5.74) is 1.19. The standard InChI is InChI=1S/C30H34F3N3O4/c1-17(2)39-28-20(11-23(18-3-4-18)26(27(28)33)22-6-5-21(31)12-24(22)32)14-35-15-30(16-35)13-25(34-40-30)36-9-7-19(8-10-36)29(37)38/h5-6,11-12,17-19H,3-4,7-10,13-16H2,1-2H3,(H,37,38). The van der Waals surface area contributed by atoms with E-state index >= 15 is 4.39 Å². The van der Waals surface area contributed by atoms with Crippen LogP contribution in [0.5, 0.6) is 5.75 Å². The molecule has 6 rings (SSSR count). The maximum absolute atomic E-state index is 16.2. The zero-order valence-corrected chi connectivity index (χ0v) is 22.8. The van der Waals surface area contributed by atoms with Gasteiger partial charge in [0.05, 0.1) is 18.4 Å². The van der Waals surface area contributed by atoms with E-state index in [1.54, 1.807) is 0 Å². The average molecular weight is 558 g/mol. The minimum absolute atomic E-state index is 0.0419. The normalized spacial score (nSPS) is 20.9. The number of hydrogen-bond acceptors (Lipinski definition) is 6. The lowest BCUT2D eigenvalue weighted by Gasteiger charge is -2.45. The summed E-state index contributed by atoms with van der Waals surface area (Å²) in [6.45, 7) is 6.61. The molecule has 0 atom stereocenters. The second-order valence-corrected chi connectivity index (χ2v) is 11.9. The molecule has 1 saturated carbocycles. The highest BCUT2D eigenvalue weighted by Gasteiger charge is 2.51. The van der Waals surface area contributed by atoms with Crippen molar-refractivity contribution in [3.63, 3.8) is 0 Å². The van der Waals surface area contributed by atoms with Gasteiger partial charge in [0.25, 0.3) is 0 Å². The number of aliphatic carboxylic acids is 1. The molecule has 3 fully saturated rings. The first-order valence-electron chi connectivity index (χ1n) is 14.0. The number of oxime groups is 1. The number of carboxylic acids is 1. The predicted octanol–water partition coefficient (Wildman–Crippen LogP) is 5.52. The smallest absolute Gasteiger partial charge is 0.306 e. The van der Waals surface area contributed by atoms with Gasteiger partial charge in [-0.05, 0) is 69.2 Å². The van der Waals surface area contributed by atoms with Crippen LogP contribution in [0.25, 0.3) is 11.1 Å². The molecule has 0 radical (unpaired) electrons. The van der Waals surface area contributed by atoms with Crippen molar-refractivity contribution in [3.05, 3.63) is 52.8 Å². The van der Waals surface area contributed by atoms with Gasteiger partial charge in [0.15, 0.2) is 17.2 Å². The van der Waals surface area contributed by atoms with Crippen molar-refractivity contribution in [3.8, 4) is 16.9 Å². The third-order valence-electron chi connectivity index (χ3n) is 8.35. The number of hydrogen-bond donors (Lipinski definition) is 1. The van der Waals surface area contributed by atoms with Gasteiger partial charge in [-0.2, -0.15) is 0 Å². The molecule has 0 aromatic heterocycles. The van der Waals surface area contributed by atoms with Gasteiger partial charge in [-0.25, -0.2) is 13.2 Å². The van der Waals surface area contributed by atoms with Crippen LogP contribution in [0.3, 0.4) is 0 Å². The van der Waals surface area contributed by atoms with Crippen LogP contribution in [-0.4, -0.2) is 64.6 Å². The molecule has 3 heterocycles. The van der Waals surface area contributed by atoms with Crippen LogP contribution in [0.4, 0.5) is 13.2 Å². The number of likely N-dealkylation sites (tertiary alicyclic amines) is 2. The second-order valence-electron chi connectivity index (χ2n) is 11.9. The van der Waals surface area contributed by atoms with Crippen LogP contribution < -0.4 is 4.74 Å². The van der Waals surface area contributed by atoms with Gasteiger partial charge in [-0.15, -0.1) is 0 Å². The highest BCUT2D eigenvalue weighted by molar-refractivity contribution is 5.84. The summed E-state index contributed by atoms with van der Waals surface area (Å²) < 4.78 is 50.6. The summed E-state index contributed by atoms with van der Waals surface area (Å²) in [6, 6.07) is 5.17. The van der Waals surface area contributed by atoms with Gasteiger partial charge in [0.2, 0.25) is 0 Å². The van der Waals surface area contributed by atoms with E-state index < -0.39 is 29.0 Å². The Labute approximate surface area is 231 Å². The molecule has 3 aliphatic heterocycles. The molecule has 0 amide bonds.